The summed E-state index contributed by atoms with van der Waals surface area (Å²) < 4.78 is 11.5. The summed E-state index contributed by atoms with van der Waals surface area (Å²) in [5.74, 6) is -1.70. The molecule has 0 bridgehead atoms. The summed E-state index contributed by atoms with van der Waals surface area (Å²) in [4.78, 5) is 37.2. The maximum Gasteiger partial charge on any atom is 0.341 e. The van der Waals surface area contributed by atoms with Gasteiger partial charge in [-0.1, -0.05) is 0 Å². The maximum absolute atomic E-state index is 12.2. The van der Waals surface area contributed by atoms with Crippen LogP contribution in [0.1, 0.15) is 31.2 Å². The van der Waals surface area contributed by atoms with Gasteiger partial charge in [-0.15, -0.1) is 11.3 Å². The van der Waals surface area contributed by atoms with Crippen LogP contribution < -0.4 is 5.32 Å². The highest BCUT2D eigenvalue weighted by Crippen LogP contribution is 2.32. The van der Waals surface area contributed by atoms with E-state index in [1.807, 2.05) is 6.92 Å². The zero-order valence-electron chi connectivity index (χ0n) is 16.1. The molecule has 0 aliphatic rings. The molecular weight excluding hydrogens is 394 g/mol. The van der Waals surface area contributed by atoms with E-state index in [1.165, 1.54) is 18.4 Å². The average Bonchev–Trinajstić information content (AvgIpc) is 3.35. The molecule has 1 amide bonds. The Bertz CT molecular complexity index is 1040. The largest absolute Gasteiger partial charge is 0.465 e. The summed E-state index contributed by atoms with van der Waals surface area (Å²) in [6.45, 7) is 3.14. The predicted molar refractivity (Wildman–Crippen MR) is 108 cm³/mol. The molecule has 3 aromatic rings. The average molecular weight is 413 g/mol. The number of rotatable bonds is 6. The monoisotopic (exact) mass is 413 g/mol. The van der Waals surface area contributed by atoms with Gasteiger partial charge in [-0.3, -0.25) is 4.79 Å². The van der Waals surface area contributed by atoms with Crippen LogP contribution in [0.5, 0.6) is 0 Å². The van der Waals surface area contributed by atoms with Gasteiger partial charge in [0.25, 0.3) is 5.91 Å². The molecule has 1 N–H and O–H groups in total. The van der Waals surface area contributed by atoms with E-state index < -0.39 is 24.5 Å². The van der Waals surface area contributed by atoms with Crippen LogP contribution in [0.3, 0.4) is 0 Å². The second-order valence-electron chi connectivity index (χ2n) is 6.10. The molecule has 9 heteroatoms. The Morgan fingerprint density at radius 1 is 1.14 bits per heavy atom. The molecule has 0 atom stereocenters. The van der Waals surface area contributed by atoms with Gasteiger partial charge in [-0.05, 0) is 49.7 Å². The SMILES string of the molecule is COC(=O)c1c(NC(=O)COC(=O)c2ccc(-n3cccn3)cc2)sc(C)c1C. The first-order valence-electron chi connectivity index (χ1n) is 8.66. The minimum atomic E-state index is -0.626. The quantitative estimate of drug-likeness (QED) is 0.623. The molecule has 1 aromatic carbocycles. The van der Waals surface area contributed by atoms with E-state index in [9.17, 15) is 14.4 Å². The Balaban J connectivity index is 1.60. The standard InChI is InChI=1S/C20H19N3O5S/c1-12-13(2)29-18(17(12)20(26)27-3)22-16(24)11-28-19(25)14-5-7-15(8-6-14)23-10-4-9-21-23/h4-10H,11H2,1-3H3,(H,22,24). The minimum absolute atomic E-state index is 0.309. The summed E-state index contributed by atoms with van der Waals surface area (Å²) in [5.41, 5.74) is 2.16. The summed E-state index contributed by atoms with van der Waals surface area (Å²) in [7, 11) is 1.28. The molecule has 0 fully saturated rings. The molecule has 0 saturated carbocycles. The Morgan fingerprint density at radius 2 is 1.86 bits per heavy atom. The number of nitrogens with one attached hydrogen (secondary N) is 1. The summed E-state index contributed by atoms with van der Waals surface area (Å²) in [6, 6.07) is 8.44. The highest BCUT2D eigenvalue weighted by atomic mass is 32.1. The summed E-state index contributed by atoms with van der Waals surface area (Å²) >= 11 is 1.26. The Labute approximate surface area is 171 Å². The van der Waals surface area contributed by atoms with Crippen LogP contribution in [0.15, 0.2) is 42.7 Å². The number of hydrogen-bond acceptors (Lipinski definition) is 7. The van der Waals surface area contributed by atoms with Gasteiger partial charge in [-0.25, -0.2) is 14.3 Å². The number of methoxy groups -OCH3 is 1. The number of nitrogens with zero attached hydrogens (tertiary/aromatic N) is 2. The summed E-state index contributed by atoms with van der Waals surface area (Å²) in [5, 5.41) is 7.09. The number of carbonyl (C=O) groups is 3. The predicted octanol–water partition coefficient (Wildman–Crippen LogP) is 3.13. The highest BCUT2D eigenvalue weighted by Gasteiger charge is 2.22. The normalized spacial score (nSPS) is 10.4. The molecule has 0 spiro atoms. The van der Waals surface area contributed by atoms with Crippen molar-refractivity contribution in [3.63, 3.8) is 0 Å². The molecule has 0 aliphatic carbocycles. The van der Waals surface area contributed by atoms with Crippen LogP contribution in [0.25, 0.3) is 5.69 Å². The third-order valence-corrected chi connectivity index (χ3v) is 5.36. The minimum Gasteiger partial charge on any atom is -0.465 e. The first-order valence-corrected chi connectivity index (χ1v) is 9.47. The van der Waals surface area contributed by atoms with Crippen molar-refractivity contribution in [3.05, 3.63) is 64.3 Å². The van der Waals surface area contributed by atoms with E-state index in [4.69, 9.17) is 9.47 Å². The van der Waals surface area contributed by atoms with Crippen molar-refractivity contribution in [2.75, 3.05) is 19.0 Å². The van der Waals surface area contributed by atoms with Crippen LogP contribution in [-0.4, -0.2) is 41.3 Å². The fraction of sp³-hybridized carbons (Fsp3) is 0.200. The number of benzene rings is 1. The van der Waals surface area contributed by atoms with Crippen molar-refractivity contribution < 1.29 is 23.9 Å². The molecule has 0 saturated heterocycles. The first-order chi connectivity index (χ1) is 13.9. The second kappa shape index (κ2) is 8.70. The van der Waals surface area contributed by atoms with Crippen LogP contribution in [0, 0.1) is 13.8 Å². The van der Waals surface area contributed by atoms with Crippen molar-refractivity contribution in [2.24, 2.45) is 0 Å². The van der Waals surface area contributed by atoms with Gasteiger partial charge >= 0.3 is 11.9 Å². The lowest BCUT2D eigenvalue weighted by Gasteiger charge is -2.08. The van der Waals surface area contributed by atoms with E-state index in [2.05, 4.69) is 10.4 Å². The smallest absolute Gasteiger partial charge is 0.341 e. The Hall–Kier alpha value is -3.46. The van der Waals surface area contributed by atoms with Gasteiger partial charge in [-0.2, -0.15) is 5.10 Å². The number of amides is 1. The van der Waals surface area contributed by atoms with Gasteiger partial charge in [0.15, 0.2) is 6.61 Å². The molecule has 0 radical (unpaired) electrons. The van der Waals surface area contributed by atoms with Crippen molar-refractivity contribution in [2.45, 2.75) is 13.8 Å². The lowest BCUT2D eigenvalue weighted by Crippen LogP contribution is -2.21. The van der Waals surface area contributed by atoms with Crippen molar-refractivity contribution in [1.82, 2.24) is 9.78 Å². The molecule has 29 heavy (non-hydrogen) atoms. The van der Waals surface area contributed by atoms with E-state index in [0.717, 1.165) is 16.1 Å². The molecule has 8 nitrogen and oxygen atoms in total. The van der Waals surface area contributed by atoms with E-state index in [1.54, 1.807) is 54.3 Å². The first kappa shape index (κ1) is 20.3. The van der Waals surface area contributed by atoms with Crippen LogP contribution in [0.4, 0.5) is 5.00 Å². The van der Waals surface area contributed by atoms with E-state index in [0.29, 0.717) is 16.1 Å². The third-order valence-electron chi connectivity index (χ3n) is 4.23. The van der Waals surface area contributed by atoms with Gasteiger partial charge < -0.3 is 14.8 Å². The molecule has 0 unspecified atom stereocenters. The Morgan fingerprint density at radius 3 is 2.48 bits per heavy atom. The number of thiophene rings is 1. The van der Waals surface area contributed by atoms with Gasteiger partial charge in [0.1, 0.15) is 5.00 Å². The van der Waals surface area contributed by atoms with Crippen LogP contribution >= 0.6 is 11.3 Å². The maximum atomic E-state index is 12.2. The van der Waals surface area contributed by atoms with Crippen LogP contribution in [0.2, 0.25) is 0 Å². The zero-order valence-corrected chi connectivity index (χ0v) is 16.9. The van der Waals surface area contributed by atoms with Gasteiger partial charge in [0.05, 0.1) is 23.9 Å². The number of hydrogen-bond donors (Lipinski definition) is 1. The molecule has 0 aliphatic heterocycles. The number of ether oxygens (including phenoxy) is 2. The number of esters is 2. The van der Waals surface area contributed by atoms with E-state index in [-0.39, 0.29) is 0 Å². The fourth-order valence-electron chi connectivity index (χ4n) is 2.61. The fourth-order valence-corrected chi connectivity index (χ4v) is 3.68. The molecule has 2 aromatic heterocycles. The van der Waals surface area contributed by atoms with Gasteiger partial charge in [0, 0.05) is 17.3 Å². The number of carbonyl (C=O) groups excluding carboxylic acids is 3. The molecular formula is C20H19N3O5S. The lowest BCUT2D eigenvalue weighted by molar-refractivity contribution is -0.119. The summed E-state index contributed by atoms with van der Waals surface area (Å²) in [6.07, 6.45) is 3.44. The van der Waals surface area contributed by atoms with Crippen molar-refractivity contribution >= 4 is 34.2 Å². The van der Waals surface area contributed by atoms with Crippen molar-refractivity contribution in [1.29, 1.82) is 0 Å². The van der Waals surface area contributed by atoms with Crippen LogP contribution in [-0.2, 0) is 14.3 Å². The van der Waals surface area contributed by atoms with Gasteiger partial charge in [0.2, 0.25) is 0 Å². The highest BCUT2D eigenvalue weighted by molar-refractivity contribution is 7.16. The number of aromatic nitrogens is 2. The van der Waals surface area contributed by atoms with E-state index >= 15 is 0 Å². The van der Waals surface area contributed by atoms with Crippen molar-refractivity contribution in [3.8, 4) is 5.69 Å². The second-order valence-corrected chi connectivity index (χ2v) is 7.33. The number of aryl methyl sites for hydroxylation is 1. The number of anilines is 1. The Kier molecular flexibility index (Phi) is 6.08. The molecule has 2 heterocycles. The molecule has 3 rings (SSSR count). The third kappa shape index (κ3) is 4.52. The zero-order chi connectivity index (χ0) is 21.0. The molecule has 150 valence electrons. The topological polar surface area (TPSA) is 99.5 Å². The lowest BCUT2D eigenvalue weighted by atomic mass is 10.1.